The highest BCUT2D eigenvalue weighted by molar-refractivity contribution is 5.90. The van der Waals surface area contributed by atoms with Gasteiger partial charge in [0.1, 0.15) is 17.7 Å². The van der Waals surface area contributed by atoms with Crippen LogP contribution in [0.25, 0.3) is 0 Å². The summed E-state index contributed by atoms with van der Waals surface area (Å²) in [5, 5.41) is 11.5. The molecule has 1 aliphatic heterocycles. The summed E-state index contributed by atoms with van der Waals surface area (Å²) < 4.78 is 5.14. The van der Waals surface area contributed by atoms with E-state index in [-0.39, 0.29) is 11.8 Å². The zero-order valence-electron chi connectivity index (χ0n) is 13.2. The van der Waals surface area contributed by atoms with Gasteiger partial charge >= 0.3 is 12.1 Å². The standard InChI is InChI=1S/C14H24N2O5/c1-8(2)10(15-13(20)21-14(3,4)5)11(17)16-7-6-9(16)12(18)19/h8-10H,6-7H2,1-5H3,(H,15,20)(H,18,19)/t9?,10-/m0/s1. The first-order valence-corrected chi connectivity index (χ1v) is 7.05. The molecular formula is C14H24N2O5. The molecule has 0 aromatic rings. The van der Waals surface area contributed by atoms with Crippen molar-refractivity contribution in [2.75, 3.05) is 6.54 Å². The molecule has 0 spiro atoms. The predicted octanol–water partition coefficient (Wildman–Crippen LogP) is 1.22. The Bertz CT molecular complexity index is 428. The summed E-state index contributed by atoms with van der Waals surface area (Å²) >= 11 is 0. The molecule has 120 valence electrons. The van der Waals surface area contributed by atoms with E-state index in [1.165, 1.54) is 4.90 Å². The third-order valence-electron chi connectivity index (χ3n) is 3.19. The smallest absolute Gasteiger partial charge is 0.408 e. The van der Waals surface area contributed by atoms with Crippen LogP contribution in [0, 0.1) is 5.92 Å². The second-order valence-electron chi connectivity index (χ2n) is 6.54. The van der Waals surface area contributed by atoms with Crippen molar-refractivity contribution in [3.05, 3.63) is 0 Å². The first kappa shape index (κ1) is 17.3. The van der Waals surface area contributed by atoms with Crippen LogP contribution in [-0.4, -0.2) is 52.2 Å². The lowest BCUT2D eigenvalue weighted by atomic mass is 9.97. The van der Waals surface area contributed by atoms with Gasteiger partial charge in [0.15, 0.2) is 0 Å². The number of hydrogen-bond donors (Lipinski definition) is 2. The van der Waals surface area contributed by atoms with E-state index < -0.39 is 29.7 Å². The van der Waals surface area contributed by atoms with Gasteiger partial charge in [-0.25, -0.2) is 9.59 Å². The number of carbonyl (C=O) groups is 3. The van der Waals surface area contributed by atoms with Crippen molar-refractivity contribution in [2.24, 2.45) is 5.92 Å². The van der Waals surface area contributed by atoms with Gasteiger partial charge < -0.3 is 20.1 Å². The highest BCUT2D eigenvalue weighted by Gasteiger charge is 2.41. The molecule has 1 rings (SSSR count). The summed E-state index contributed by atoms with van der Waals surface area (Å²) in [7, 11) is 0. The van der Waals surface area contributed by atoms with Crippen molar-refractivity contribution in [2.45, 2.75) is 58.7 Å². The molecule has 21 heavy (non-hydrogen) atoms. The zero-order chi connectivity index (χ0) is 16.4. The molecule has 7 heteroatoms. The van der Waals surface area contributed by atoms with Gasteiger partial charge in [0.2, 0.25) is 5.91 Å². The van der Waals surface area contributed by atoms with E-state index >= 15 is 0 Å². The molecule has 2 amide bonds. The van der Waals surface area contributed by atoms with Crippen molar-refractivity contribution < 1.29 is 24.2 Å². The summed E-state index contributed by atoms with van der Waals surface area (Å²) in [4.78, 5) is 36.5. The lowest BCUT2D eigenvalue weighted by molar-refractivity contribution is -0.158. The number of likely N-dealkylation sites (tertiary alicyclic amines) is 1. The number of nitrogens with zero attached hydrogens (tertiary/aromatic N) is 1. The van der Waals surface area contributed by atoms with Crippen molar-refractivity contribution in [3.8, 4) is 0 Å². The van der Waals surface area contributed by atoms with Crippen molar-refractivity contribution in [3.63, 3.8) is 0 Å². The largest absolute Gasteiger partial charge is 0.480 e. The minimum absolute atomic E-state index is 0.167. The van der Waals surface area contributed by atoms with Crippen molar-refractivity contribution in [1.82, 2.24) is 10.2 Å². The molecule has 0 aliphatic carbocycles. The zero-order valence-corrected chi connectivity index (χ0v) is 13.2. The van der Waals surface area contributed by atoms with Crippen molar-refractivity contribution in [1.29, 1.82) is 0 Å². The van der Waals surface area contributed by atoms with E-state index in [2.05, 4.69) is 5.32 Å². The number of alkyl carbamates (subject to hydrolysis) is 1. The molecule has 1 unspecified atom stereocenters. The highest BCUT2D eigenvalue weighted by atomic mass is 16.6. The molecule has 1 aliphatic rings. The summed E-state index contributed by atoms with van der Waals surface area (Å²) in [5.74, 6) is -1.57. The lowest BCUT2D eigenvalue weighted by Crippen LogP contribution is -2.61. The summed E-state index contributed by atoms with van der Waals surface area (Å²) in [6.07, 6.45) is -0.236. The van der Waals surface area contributed by atoms with Crippen LogP contribution in [0.1, 0.15) is 41.0 Å². The average molecular weight is 300 g/mol. The Kier molecular flexibility index (Phi) is 5.20. The molecule has 2 atom stereocenters. The van der Waals surface area contributed by atoms with E-state index in [4.69, 9.17) is 9.84 Å². The fourth-order valence-electron chi connectivity index (χ4n) is 2.03. The van der Waals surface area contributed by atoms with Crippen LogP contribution >= 0.6 is 0 Å². The Morgan fingerprint density at radius 1 is 1.29 bits per heavy atom. The lowest BCUT2D eigenvalue weighted by Gasteiger charge is -2.40. The fourth-order valence-corrected chi connectivity index (χ4v) is 2.03. The molecular weight excluding hydrogens is 276 g/mol. The molecule has 1 fully saturated rings. The maximum atomic E-state index is 12.4. The van der Waals surface area contributed by atoms with Gasteiger partial charge in [-0.3, -0.25) is 4.79 Å². The number of ether oxygens (including phenoxy) is 1. The van der Waals surface area contributed by atoms with Gasteiger partial charge in [0.05, 0.1) is 0 Å². The van der Waals surface area contributed by atoms with E-state index in [0.717, 1.165) is 0 Å². The molecule has 1 saturated heterocycles. The van der Waals surface area contributed by atoms with E-state index in [1.54, 1.807) is 34.6 Å². The van der Waals surface area contributed by atoms with Crippen LogP contribution in [0.3, 0.4) is 0 Å². The number of nitrogens with one attached hydrogen (secondary N) is 1. The van der Waals surface area contributed by atoms with E-state index in [9.17, 15) is 14.4 Å². The number of carboxylic acids is 1. The van der Waals surface area contributed by atoms with Crippen molar-refractivity contribution >= 4 is 18.0 Å². The average Bonchev–Trinajstić information content (AvgIpc) is 2.20. The Hall–Kier alpha value is -1.79. The SMILES string of the molecule is CC(C)[C@H](NC(=O)OC(C)(C)C)C(=O)N1CCC1C(=O)O. The molecule has 0 aromatic carbocycles. The Morgan fingerprint density at radius 2 is 1.86 bits per heavy atom. The molecule has 0 saturated carbocycles. The molecule has 0 aromatic heterocycles. The number of carbonyl (C=O) groups excluding carboxylic acids is 2. The van der Waals surface area contributed by atoms with Gasteiger partial charge in [0, 0.05) is 6.54 Å². The van der Waals surface area contributed by atoms with Crippen LogP contribution in [0.2, 0.25) is 0 Å². The van der Waals surface area contributed by atoms with Gasteiger partial charge in [-0.2, -0.15) is 0 Å². The molecule has 1 heterocycles. The van der Waals surface area contributed by atoms with E-state index in [1.807, 2.05) is 0 Å². The van der Waals surface area contributed by atoms with Crippen LogP contribution in [-0.2, 0) is 14.3 Å². The Balaban J connectivity index is 2.71. The first-order chi connectivity index (χ1) is 9.53. The molecule has 0 bridgehead atoms. The summed E-state index contributed by atoms with van der Waals surface area (Å²) in [5.41, 5.74) is -0.658. The highest BCUT2D eigenvalue weighted by Crippen LogP contribution is 2.21. The number of hydrogen-bond acceptors (Lipinski definition) is 4. The third-order valence-corrected chi connectivity index (χ3v) is 3.19. The van der Waals surface area contributed by atoms with Crippen LogP contribution in [0.5, 0.6) is 0 Å². The summed E-state index contributed by atoms with van der Waals surface area (Å²) in [6.45, 7) is 9.16. The minimum atomic E-state index is -1.02. The van der Waals surface area contributed by atoms with E-state index in [0.29, 0.717) is 13.0 Å². The number of amides is 2. The monoisotopic (exact) mass is 300 g/mol. The summed E-state index contributed by atoms with van der Waals surface area (Å²) in [6, 6.07) is -1.58. The molecule has 2 N–H and O–H groups in total. The second kappa shape index (κ2) is 6.32. The second-order valence-corrected chi connectivity index (χ2v) is 6.54. The number of rotatable bonds is 4. The van der Waals surface area contributed by atoms with Gasteiger partial charge in [-0.1, -0.05) is 13.8 Å². The maximum absolute atomic E-state index is 12.4. The Morgan fingerprint density at radius 3 is 2.19 bits per heavy atom. The third kappa shape index (κ3) is 4.61. The predicted molar refractivity (Wildman–Crippen MR) is 75.7 cm³/mol. The van der Waals surface area contributed by atoms with Crippen LogP contribution in [0.4, 0.5) is 4.79 Å². The quantitative estimate of drug-likeness (QED) is 0.814. The Labute approximate surface area is 124 Å². The first-order valence-electron chi connectivity index (χ1n) is 7.05. The van der Waals surface area contributed by atoms with Gasteiger partial charge in [-0.15, -0.1) is 0 Å². The van der Waals surface area contributed by atoms with Crippen LogP contribution in [0.15, 0.2) is 0 Å². The maximum Gasteiger partial charge on any atom is 0.408 e. The molecule has 0 radical (unpaired) electrons. The van der Waals surface area contributed by atoms with Gasteiger partial charge in [0.25, 0.3) is 0 Å². The number of aliphatic carboxylic acids is 1. The topological polar surface area (TPSA) is 95.9 Å². The molecule has 7 nitrogen and oxygen atoms in total. The van der Waals surface area contributed by atoms with Crippen LogP contribution < -0.4 is 5.32 Å². The van der Waals surface area contributed by atoms with Gasteiger partial charge in [-0.05, 0) is 33.1 Å². The minimum Gasteiger partial charge on any atom is -0.480 e. The normalized spacial score (nSPS) is 19.7. The fraction of sp³-hybridized carbons (Fsp3) is 0.786. The number of carboxylic acid groups (broad SMARTS) is 1.